The molecule has 1 aliphatic rings. The number of nitrogens with two attached hydrogens (primary N) is 1. The van der Waals surface area contributed by atoms with Gasteiger partial charge in [-0.1, -0.05) is 6.92 Å². The zero-order valence-electron chi connectivity index (χ0n) is 6.67. The van der Waals surface area contributed by atoms with Crippen molar-refractivity contribution in [2.75, 3.05) is 6.61 Å². The third kappa shape index (κ3) is 2.86. The van der Waals surface area contributed by atoms with Crippen molar-refractivity contribution in [3.63, 3.8) is 0 Å². The molecule has 11 heavy (non-hydrogen) atoms. The van der Waals surface area contributed by atoms with E-state index in [1.165, 1.54) is 0 Å². The maximum atomic E-state index is 10.2. The number of hydrogen-bond donors (Lipinski definition) is 2. The Bertz CT molecular complexity index is 143. The van der Waals surface area contributed by atoms with Crippen LogP contribution in [0.5, 0.6) is 0 Å². The van der Waals surface area contributed by atoms with E-state index in [1.807, 2.05) is 0 Å². The van der Waals surface area contributed by atoms with Gasteiger partial charge in [0, 0.05) is 6.04 Å². The van der Waals surface area contributed by atoms with E-state index in [0.717, 1.165) is 18.8 Å². The highest BCUT2D eigenvalue weighted by Gasteiger charge is 2.24. The molecule has 64 valence electrons. The first kappa shape index (κ1) is 8.49. The zero-order valence-corrected chi connectivity index (χ0v) is 6.67. The molecule has 1 fully saturated rings. The van der Waals surface area contributed by atoms with Crippen LogP contribution >= 0.6 is 0 Å². The highest BCUT2D eigenvalue weighted by molar-refractivity contribution is 5.74. The van der Waals surface area contributed by atoms with Crippen molar-refractivity contribution in [1.29, 1.82) is 0 Å². The smallest absolute Gasteiger partial charge is 0.245 e. The van der Waals surface area contributed by atoms with Crippen LogP contribution in [0, 0.1) is 5.92 Å². The lowest BCUT2D eigenvalue weighted by Gasteiger charge is -2.32. The average Bonchev–Trinajstić information content (AvgIpc) is 1.83. The average molecular weight is 158 g/mol. The van der Waals surface area contributed by atoms with Gasteiger partial charge in [0.05, 0.1) is 0 Å². The third-order valence-corrected chi connectivity index (χ3v) is 1.84. The maximum absolute atomic E-state index is 10.2. The Morgan fingerprint density at radius 3 is 2.82 bits per heavy atom. The number of amides is 1. The van der Waals surface area contributed by atoms with Gasteiger partial charge in [0.1, 0.15) is 6.61 Å². The topological polar surface area (TPSA) is 64.3 Å². The van der Waals surface area contributed by atoms with E-state index in [4.69, 9.17) is 10.6 Å². The van der Waals surface area contributed by atoms with Crippen molar-refractivity contribution in [2.24, 2.45) is 11.7 Å². The molecule has 0 bridgehead atoms. The van der Waals surface area contributed by atoms with Crippen LogP contribution in [-0.4, -0.2) is 18.6 Å². The monoisotopic (exact) mass is 158 g/mol. The van der Waals surface area contributed by atoms with Gasteiger partial charge >= 0.3 is 0 Å². The molecule has 0 aromatic heterocycles. The molecule has 4 heteroatoms. The summed E-state index contributed by atoms with van der Waals surface area (Å²) in [7, 11) is 0. The quantitative estimate of drug-likeness (QED) is 0.556. The van der Waals surface area contributed by atoms with Crippen LogP contribution < -0.4 is 11.2 Å². The second-order valence-electron chi connectivity index (χ2n) is 3.15. The Balaban J connectivity index is 1.92. The zero-order chi connectivity index (χ0) is 8.27. The third-order valence-electron chi connectivity index (χ3n) is 1.84. The molecule has 0 unspecified atom stereocenters. The fraction of sp³-hybridized carbons (Fsp3) is 0.857. The van der Waals surface area contributed by atoms with Gasteiger partial charge in [-0.25, -0.2) is 0 Å². The van der Waals surface area contributed by atoms with Crippen LogP contribution in [0.25, 0.3) is 0 Å². The lowest BCUT2D eigenvalue weighted by atomic mass is 9.82. The number of carbonyl (C=O) groups is 1. The highest BCUT2D eigenvalue weighted by Crippen LogP contribution is 2.25. The number of hydroxylamine groups is 1. The van der Waals surface area contributed by atoms with Crippen LogP contribution in [0.3, 0.4) is 0 Å². The van der Waals surface area contributed by atoms with E-state index in [9.17, 15) is 4.79 Å². The van der Waals surface area contributed by atoms with Crippen molar-refractivity contribution in [3.8, 4) is 0 Å². The Kier molecular flexibility index (Phi) is 2.84. The summed E-state index contributed by atoms with van der Waals surface area (Å²) in [5.74, 6) is 0.342. The van der Waals surface area contributed by atoms with Crippen molar-refractivity contribution >= 4 is 5.91 Å². The molecule has 4 nitrogen and oxygen atoms in total. The van der Waals surface area contributed by atoms with Gasteiger partial charge < -0.3 is 5.73 Å². The molecular formula is C7H14N2O2. The van der Waals surface area contributed by atoms with Crippen molar-refractivity contribution < 1.29 is 9.63 Å². The van der Waals surface area contributed by atoms with Gasteiger partial charge in [-0.3, -0.25) is 9.63 Å². The molecule has 1 aliphatic carbocycles. The van der Waals surface area contributed by atoms with Crippen molar-refractivity contribution in [1.82, 2.24) is 5.48 Å². The van der Waals surface area contributed by atoms with Gasteiger partial charge in [-0.15, -0.1) is 0 Å². The molecule has 0 atom stereocenters. The van der Waals surface area contributed by atoms with Crippen molar-refractivity contribution in [2.45, 2.75) is 25.8 Å². The predicted molar refractivity (Wildman–Crippen MR) is 40.5 cm³/mol. The summed E-state index contributed by atoms with van der Waals surface area (Å²) in [4.78, 5) is 15.0. The van der Waals surface area contributed by atoms with E-state index < -0.39 is 5.91 Å². The summed E-state index contributed by atoms with van der Waals surface area (Å²) in [5, 5.41) is 0. The van der Waals surface area contributed by atoms with E-state index in [2.05, 4.69) is 12.4 Å². The summed E-state index contributed by atoms with van der Waals surface area (Å²) >= 11 is 0. The van der Waals surface area contributed by atoms with E-state index in [1.54, 1.807) is 0 Å². The number of nitrogens with one attached hydrogen (secondary N) is 1. The maximum Gasteiger partial charge on any atom is 0.245 e. The Hall–Kier alpha value is -0.610. The molecular weight excluding hydrogens is 144 g/mol. The lowest BCUT2D eigenvalue weighted by molar-refractivity contribution is -0.127. The molecule has 0 aromatic rings. The molecule has 1 saturated carbocycles. The number of primary amides is 1. The fourth-order valence-electron chi connectivity index (χ4n) is 1.23. The van der Waals surface area contributed by atoms with Gasteiger partial charge in [-0.05, 0) is 18.8 Å². The van der Waals surface area contributed by atoms with Gasteiger partial charge in [0.25, 0.3) is 0 Å². The lowest BCUT2D eigenvalue weighted by Crippen LogP contribution is -2.41. The SMILES string of the molecule is CC1CC(NOCC(N)=O)C1. The summed E-state index contributed by atoms with van der Waals surface area (Å²) in [6.07, 6.45) is 2.25. The second kappa shape index (κ2) is 3.69. The molecule has 0 saturated heterocycles. The number of hydrogen-bond acceptors (Lipinski definition) is 3. The first-order valence-electron chi connectivity index (χ1n) is 3.84. The van der Waals surface area contributed by atoms with Crippen LogP contribution in [-0.2, 0) is 9.63 Å². The predicted octanol–water partition coefficient (Wildman–Crippen LogP) is -0.209. The van der Waals surface area contributed by atoms with E-state index >= 15 is 0 Å². The van der Waals surface area contributed by atoms with Gasteiger partial charge in [0.2, 0.25) is 5.91 Å². The second-order valence-corrected chi connectivity index (χ2v) is 3.15. The Labute approximate surface area is 66.0 Å². The molecule has 0 aliphatic heterocycles. The molecule has 1 amide bonds. The summed E-state index contributed by atoms with van der Waals surface area (Å²) in [6.45, 7) is 2.15. The minimum absolute atomic E-state index is 0.0368. The molecule has 0 aromatic carbocycles. The molecule has 1 rings (SSSR count). The molecule has 0 radical (unpaired) electrons. The minimum atomic E-state index is -0.440. The molecule has 0 heterocycles. The van der Waals surface area contributed by atoms with Gasteiger partial charge in [-0.2, -0.15) is 5.48 Å². The largest absolute Gasteiger partial charge is 0.368 e. The van der Waals surface area contributed by atoms with Crippen LogP contribution in [0.4, 0.5) is 0 Å². The summed E-state index contributed by atoms with van der Waals surface area (Å²) in [5.41, 5.74) is 7.64. The first-order valence-corrected chi connectivity index (χ1v) is 3.84. The highest BCUT2D eigenvalue weighted by atomic mass is 16.6. The van der Waals surface area contributed by atoms with Crippen LogP contribution in [0.15, 0.2) is 0 Å². The number of rotatable bonds is 4. The van der Waals surface area contributed by atoms with Crippen LogP contribution in [0.2, 0.25) is 0 Å². The molecule has 0 spiro atoms. The van der Waals surface area contributed by atoms with Crippen molar-refractivity contribution in [3.05, 3.63) is 0 Å². The van der Waals surface area contributed by atoms with Gasteiger partial charge in [0.15, 0.2) is 0 Å². The summed E-state index contributed by atoms with van der Waals surface area (Å²) < 4.78 is 0. The minimum Gasteiger partial charge on any atom is -0.368 e. The Morgan fingerprint density at radius 2 is 2.36 bits per heavy atom. The Morgan fingerprint density at radius 1 is 1.73 bits per heavy atom. The standard InChI is InChI=1S/C7H14N2O2/c1-5-2-6(3-5)9-11-4-7(8)10/h5-6,9H,2-4H2,1H3,(H2,8,10). The van der Waals surface area contributed by atoms with E-state index in [0.29, 0.717) is 6.04 Å². The van der Waals surface area contributed by atoms with E-state index in [-0.39, 0.29) is 6.61 Å². The normalized spacial score (nSPS) is 29.5. The first-order chi connectivity index (χ1) is 5.18. The fourth-order valence-corrected chi connectivity index (χ4v) is 1.23. The number of carbonyl (C=O) groups excluding carboxylic acids is 1. The summed E-state index contributed by atoms with van der Waals surface area (Å²) in [6, 6.07) is 0.421. The van der Waals surface area contributed by atoms with Crippen LogP contribution in [0.1, 0.15) is 19.8 Å². The molecule has 3 N–H and O–H groups in total.